The van der Waals surface area contributed by atoms with Crippen molar-refractivity contribution in [1.29, 1.82) is 0 Å². The molecule has 6 rings (SSSR count). The Morgan fingerprint density at radius 2 is 1.89 bits per heavy atom. The van der Waals surface area contributed by atoms with Gasteiger partial charge in [-0.15, -0.1) is 0 Å². The Bertz CT molecular complexity index is 1410. The van der Waals surface area contributed by atoms with Crippen molar-refractivity contribution in [2.24, 2.45) is 16.8 Å². The number of hydrogen-bond donors (Lipinski definition) is 0. The number of aliphatic imine (C=N–C) groups is 1. The van der Waals surface area contributed by atoms with Crippen LogP contribution in [0.15, 0.2) is 53.9 Å². The molecule has 3 aromatic rings. The van der Waals surface area contributed by atoms with Gasteiger partial charge in [0.15, 0.2) is 0 Å². The topological polar surface area (TPSA) is 78.8 Å². The van der Waals surface area contributed by atoms with Gasteiger partial charge in [-0.3, -0.25) is 19.5 Å². The van der Waals surface area contributed by atoms with E-state index < -0.39 is 11.4 Å². The van der Waals surface area contributed by atoms with Crippen LogP contribution < -0.4 is 0 Å². The number of carbonyl (C=O) groups excluding carboxylic acids is 2. The van der Waals surface area contributed by atoms with E-state index in [9.17, 15) is 9.59 Å². The number of rotatable bonds is 5. The SMILES string of the molecule is CC1(C)N=C(c2ccc(-c3ccc4cncnc4c3)cc2F)N(CC2CCN(C(=O)C3CC3)C2)C1=O. The number of carbonyl (C=O) groups is 2. The molecule has 184 valence electrons. The number of aromatic nitrogens is 2. The number of hydrogen-bond acceptors (Lipinski definition) is 5. The van der Waals surface area contributed by atoms with Gasteiger partial charge in [0.05, 0.1) is 11.1 Å². The van der Waals surface area contributed by atoms with Crippen molar-refractivity contribution >= 4 is 28.6 Å². The number of amidine groups is 1. The molecule has 36 heavy (non-hydrogen) atoms. The largest absolute Gasteiger partial charge is 0.342 e. The lowest BCUT2D eigenvalue weighted by Crippen LogP contribution is -2.43. The van der Waals surface area contributed by atoms with Crippen molar-refractivity contribution in [2.45, 2.75) is 38.6 Å². The molecule has 0 spiro atoms. The van der Waals surface area contributed by atoms with E-state index in [4.69, 9.17) is 0 Å². The molecule has 0 radical (unpaired) electrons. The normalized spacial score (nSPS) is 21.4. The highest BCUT2D eigenvalue weighted by Gasteiger charge is 2.44. The second-order valence-electron chi connectivity index (χ2n) is 10.6. The van der Waals surface area contributed by atoms with Crippen molar-refractivity contribution in [3.8, 4) is 11.1 Å². The van der Waals surface area contributed by atoms with E-state index in [1.54, 1.807) is 31.0 Å². The van der Waals surface area contributed by atoms with Crippen LogP contribution >= 0.6 is 0 Å². The number of nitrogens with zero attached hydrogens (tertiary/aromatic N) is 5. The van der Waals surface area contributed by atoms with Crippen LogP contribution in [0.1, 0.15) is 38.7 Å². The third-order valence-electron chi connectivity index (χ3n) is 7.43. The van der Waals surface area contributed by atoms with Gasteiger partial charge in [0.2, 0.25) is 5.91 Å². The summed E-state index contributed by atoms with van der Waals surface area (Å²) in [4.78, 5) is 42.2. The predicted molar refractivity (Wildman–Crippen MR) is 135 cm³/mol. The molecule has 1 unspecified atom stereocenters. The Morgan fingerprint density at radius 3 is 2.67 bits per heavy atom. The van der Waals surface area contributed by atoms with Crippen LogP contribution in [-0.4, -0.2) is 62.6 Å². The van der Waals surface area contributed by atoms with Gasteiger partial charge >= 0.3 is 0 Å². The first-order chi connectivity index (χ1) is 17.3. The quantitative estimate of drug-likeness (QED) is 0.546. The fourth-order valence-electron chi connectivity index (χ4n) is 5.23. The standard InChI is InChI=1S/C28H28FN5O2/c1-28(2)27(36)34(15-17-9-10-33(14-17)26(35)18-3-4-18)25(32-28)22-8-7-19(11-23(22)29)20-5-6-21-13-30-16-31-24(21)12-20/h5-8,11-13,16-18H,3-4,9-10,14-15H2,1-2H3. The summed E-state index contributed by atoms with van der Waals surface area (Å²) in [5.74, 6) is 0.380. The number of likely N-dealkylation sites (tertiary alicyclic amines) is 1. The number of amides is 2. The zero-order valence-corrected chi connectivity index (χ0v) is 20.4. The minimum absolute atomic E-state index is 0.137. The van der Waals surface area contributed by atoms with Crippen molar-refractivity contribution < 1.29 is 14.0 Å². The maximum absolute atomic E-state index is 15.5. The summed E-state index contributed by atoms with van der Waals surface area (Å²) < 4.78 is 15.5. The molecular weight excluding hydrogens is 457 g/mol. The number of benzene rings is 2. The van der Waals surface area contributed by atoms with Gasteiger partial charge in [0.1, 0.15) is 23.5 Å². The minimum atomic E-state index is -0.958. The van der Waals surface area contributed by atoms with Gasteiger partial charge in [-0.25, -0.2) is 14.4 Å². The monoisotopic (exact) mass is 485 g/mol. The van der Waals surface area contributed by atoms with Gasteiger partial charge in [-0.1, -0.05) is 18.2 Å². The van der Waals surface area contributed by atoms with E-state index >= 15 is 4.39 Å². The third kappa shape index (κ3) is 4.04. The minimum Gasteiger partial charge on any atom is -0.342 e. The maximum Gasteiger partial charge on any atom is 0.255 e. The molecular formula is C28H28FN5O2. The number of halogens is 1. The second-order valence-corrected chi connectivity index (χ2v) is 10.6. The molecule has 2 aliphatic heterocycles. The smallest absolute Gasteiger partial charge is 0.255 e. The van der Waals surface area contributed by atoms with Gasteiger partial charge in [-0.2, -0.15) is 0 Å². The predicted octanol–water partition coefficient (Wildman–Crippen LogP) is 4.06. The maximum atomic E-state index is 15.5. The molecule has 1 atom stereocenters. The van der Waals surface area contributed by atoms with Crippen LogP contribution in [-0.2, 0) is 9.59 Å². The first-order valence-corrected chi connectivity index (χ1v) is 12.5. The van der Waals surface area contributed by atoms with Gasteiger partial charge < -0.3 is 4.90 Å². The molecule has 1 aliphatic carbocycles. The van der Waals surface area contributed by atoms with Gasteiger partial charge in [0, 0.05) is 37.1 Å². The van der Waals surface area contributed by atoms with E-state index in [-0.39, 0.29) is 23.7 Å². The zero-order chi connectivity index (χ0) is 25.0. The summed E-state index contributed by atoms with van der Waals surface area (Å²) in [5, 5.41) is 0.916. The Hall–Kier alpha value is -3.68. The highest BCUT2D eigenvalue weighted by molar-refractivity contribution is 6.15. The van der Waals surface area contributed by atoms with Crippen molar-refractivity contribution in [3.05, 3.63) is 60.3 Å². The first kappa shape index (κ1) is 22.8. The lowest BCUT2D eigenvalue weighted by atomic mass is 10.0. The van der Waals surface area contributed by atoms with E-state index in [1.807, 2.05) is 29.2 Å². The average molecular weight is 486 g/mol. The Labute approximate surface area is 209 Å². The Balaban J connectivity index is 1.26. The van der Waals surface area contributed by atoms with Crippen molar-refractivity contribution in [2.75, 3.05) is 19.6 Å². The molecule has 2 fully saturated rings. The molecule has 2 amide bonds. The van der Waals surface area contributed by atoms with Crippen molar-refractivity contribution in [1.82, 2.24) is 19.8 Å². The second kappa shape index (κ2) is 8.47. The molecule has 1 aromatic heterocycles. The molecule has 0 bridgehead atoms. The number of fused-ring (bicyclic) bond motifs is 1. The molecule has 1 saturated heterocycles. The van der Waals surface area contributed by atoms with Crippen LogP contribution in [0.25, 0.3) is 22.0 Å². The molecule has 7 nitrogen and oxygen atoms in total. The lowest BCUT2D eigenvalue weighted by molar-refractivity contribution is -0.131. The van der Waals surface area contributed by atoms with E-state index in [2.05, 4.69) is 15.0 Å². The van der Waals surface area contributed by atoms with E-state index in [1.165, 1.54) is 12.4 Å². The molecule has 1 saturated carbocycles. The first-order valence-electron chi connectivity index (χ1n) is 12.5. The van der Waals surface area contributed by atoms with Gasteiger partial charge in [-0.05, 0) is 68.4 Å². The average Bonchev–Trinajstić information content (AvgIpc) is 3.58. The van der Waals surface area contributed by atoms with Gasteiger partial charge in [0.25, 0.3) is 5.91 Å². The Morgan fingerprint density at radius 1 is 1.11 bits per heavy atom. The van der Waals surface area contributed by atoms with Crippen LogP contribution in [0.4, 0.5) is 4.39 Å². The molecule has 8 heteroatoms. The summed E-state index contributed by atoms with van der Waals surface area (Å²) in [6.07, 6.45) is 6.04. The third-order valence-corrected chi connectivity index (χ3v) is 7.43. The highest BCUT2D eigenvalue weighted by Crippen LogP contribution is 2.34. The highest BCUT2D eigenvalue weighted by atomic mass is 19.1. The molecule has 2 aromatic carbocycles. The van der Waals surface area contributed by atoms with E-state index in [0.29, 0.717) is 24.5 Å². The van der Waals surface area contributed by atoms with Crippen molar-refractivity contribution in [3.63, 3.8) is 0 Å². The molecule has 3 heterocycles. The summed E-state index contributed by atoms with van der Waals surface area (Å²) >= 11 is 0. The zero-order valence-electron chi connectivity index (χ0n) is 20.4. The van der Waals surface area contributed by atoms with Crippen LogP contribution in [0.2, 0.25) is 0 Å². The van der Waals surface area contributed by atoms with Crippen LogP contribution in [0, 0.1) is 17.7 Å². The summed E-state index contributed by atoms with van der Waals surface area (Å²) in [7, 11) is 0. The van der Waals surface area contributed by atoms with Crippen LogP contribution in [0.3, 0.4) is 0 Å². The summed E-state index contributed by atoms with van der Waals surface area (Å²) in [6.45, 7) is 5.31. The fourth-order valence-corrected chi connectivity index (χ4v) is 5.23. The van der Waals surface area contributed by atoms with Crippen LogP contribution in [0.5, 0.6) is 0 Å². The summed E-state index contributed by atoms with van der Waals surface area (Å²) in [6, 6.07) is 10.8. The fraction of sp³-hybridized carbons (Fsp3) is 0.393. The summed E-state index contributed by atoms with van der Waals surface area (Å²) in [5.41, 5.74) is 1.71. The van der Waals surface area contributed by atoms with E-state index in [0.717, 1.165) is 47.8 Å². The molecule has 0 N–H and O–H groups in total. The molecule has 3 aliphatic rings. The lowest BCUT2D eigenvalue weighted by Gasteiger charge is -2.25. The Kier molecular flexibility index (Phi) is 5.35.